The predicted molar refractivity (Wildman–Crippen MR) is 127 cm³/mol. The number of fused-ring (bicyclic) bond motifs is 1. The maximum atomic E-state index is 13.9. The van der Waals surface area contributed by atoms with Gasteiger partial charge in [-0.25, -0.2) is 8.42 Å². The molecule has 32 heavy (non-hydrogen) atoms. The first-order valence-electron chi connectivity index (χ1n) is 11.0. The van der Waals surface area contributed by atoms with Crippen molar-refractivity contribution in [3.05, 3.63) is 74.6 Å². The van der Waals surface area contributed by atoms with E-state index in [1.807, 2.05) is 58.0 Å². The third-order valence-electron chi connectivity index (χ3n) is 6.06. The van der Waals surface area contributed by atoms with Crippen LogP contribution in [0.2, 0.25) is 0 Å². The number of benzene rings is 2. The molecule has 0 amide bonds. The summed E-state index contributed by atoms with van der Waals surface area (Å²) in [7, 11) is -3.84. The summed E-state index contributed by atoms with van der Waals surface area (Å²) in [5, 5.41) is 0.886. The number of hydrogen-bond acceptors (Lipinski definition) is 4. The van der Waals surface area contributed by atoms with Gasteiger partial charge in [-0.15, -0.1) is 0 Å². The van der Waals surface area contributed by atoms with Gasteiger partial charge in [0, 0.05) is 30.8 Å². The Kier molecular flexibility index (Phi) is 6.25. The molecule has 1 N–H and O–H groups in total. The Hall–Kier alpha value is -2.48. The van der Waals surface area contributed by atoms with Crippen LogP contribution in [0.25, 0.3) is 10.9 Å². The van der Waals surface area contributed by atoms with E-state index in [1.165, 1.54) is 4.31 Å². The molecule has 0 bridgehead atoms. The second-order valence-corrected chi connectivity index (χ2v) is 10.7. The summed E-state index contributed by atoms with van der Waals surface area (Å²) in [5.41, 5.74) is 4.41. The highest BCUT2D eigenvalue weighted by Gasteiger charge is 2.32. The lowest BCUT2D eigenvalue weighted by molar-refractivity contribution is 0.0925. The van der Waals surface area contributed by atoms with Crippen LogP contribution in [0, 0.1) is 27.7 Å². The van der Waals surface area contributed by atoms with Crippen molar-refractivity contribution in [3.8, 4) is 0 Å². The number of aromatic nitrogens is 1. The summed E-state index contributed by atoms with van der Waals surface area (Å²) in [6.45, 7) is 8.44. The molecule has 2 heterocycles. The minimum Gasteiger partial charge on any atom is -0.377 e. The summed E-state index contributed by atoms with van der Waals surface area (Å²) in [4.78, 5) is 16.0. The second kappa shape index (κ2) is 8.81. The molecule has 4 rings (SSSR count). The van der Waals surface area contributed by atoms with Crippen LogP contribution in [-0.2, 0) is 21.3 Å². The van der Waals surface area contributed by atoms with Crippen molar-refractivity contribution in [3.63, 3.8) is 0 Å². The van der Waals surface area contributed by atoms with E-state index < -0.39 is 10.0 Å². The fraction of sp³-hybridized carbons (Fsp3) is 0.400. The number of rotatable bonds is 6. The van der Waals surface area contributed by atoms with Gasteiger partial charge in [0.05, 0.1) is 11.0 Å². The highest BCUT2D eigenvalue weighted by atomic mass is 32.2. The van der Waals surface area contributed by atoms with Crippen molar-refractivity contribution >= 4 is 20.9 Å². The number of aryl methyl sites for hydroxylation is 4. The minimum atomic E-state index is -3.84. The highest BCUT2D eigenvalue weighted by Crippen LogP contribution is 2.28. The van der Waals surface area contributed by atoms with Crippen molar-refractivity contribution in [1.29, 1.82) is 0 Å². The van der Waals surface area contributed by atoms with Crippen LogP contribution in [0.15, 0.2) is 46.1 Å². The number of pyridine rings is 1. The summed E-state index contributed by atoms with van der Waals surface area (Å²) in [6, 6.07) is 11.4. The molecule has 7 heteroatoms. The molecule has 0 unspecified atom stereocenters. The monoisotopic (exact) mass is 454 g/mol. The summed E-state index contributed by atoms with van der Waals surface area (Å²) >= 11 is 0. The second-order valence-electron chi connectivity index (χ2n) is 8.87. The average Bonchev–Trinajstić information content (AvgIpc) is 3.20. The Bertz CT molecular complexity index is 1300. The quantitative estimate of drug-likeness (QED) is 0.607. The molecule has 1 aliphatic heterocycles. The van der Waals surface area contributed by atoms with E-state index in [1.54, 1.807) is 6.07 Å². The zero-order valence-electron chi connectivity index (χ0n) is 19.1. The number of nitrogens with one attached hydrogen (secondary N) is 1. The molecule has 0 saturated carbocycles. The van der Waals surface area contributed by atoms with Crippen LogP contribution < -0.4 is 5.56 Å². The normalized spacial score (nSPS) is 16.8. The fourth-order valence-corrected chi connectivity index (χ4v) is 6.51. The van der Waals surface area contributed by atoms with E-state index in [4.69, 9.17) is 4.74 Å². The van der Waals surface area contributed by atoms with Gasteiger partial charge < -0.3 is 9.72 Å². The SMILES string of the molecule is Cc1cc(C)c(S(=O)(=O)N(Cc2cc3cc(C)ccc3[nH]c2=O)C[C@H]2CCCO2)c(C)c1. The first-order valence-corrected chi connectivity index (χ1v) is 12.4. The molecule has 6 nitrogen and oxygen atoms in total. The number of ether oxygens (including phenoxy) is 1. The van der Waals surface area contributed by atoms with Gasteiger partial charge in [-0.1, -0.05) is 29.3 Å². The van der Waals surface area contributed by atoms with E-state index >= 15 is 0 Å². The Morgan fingerprint density at radius 1 is 1.03 bits per heavy atom. The molecule has 170 valence electrons. The molecule has 0 aliphatic carbocycles. The average molecular weight is 455 g/mol. The van der Waals surface area contributed by atoms with Crippen LogP contribution in [0.3, 0.4) is 0 Å². The van der Waals surface area contributed by atoms with E-state index in [-0.39, 0.29) is 24.8 Å². The Balaban J connectivity index is 1.79. The van der Waals surface area contributed by atoms with Crippen molar-refractivity contribution in [2.24, 2.45) is 0 Å². The van der Waals surface area contributed by atoms with Gasteiger partial charge in [0.15, 0.2) is 0 Å². The summed E-state index contributed by atoms with van der Waals surface area (Å²) < 4.78 is 34.9. The van der Waals surface area contributed by atoms with Crippen molar-refractivity contribution in [2.75, 3.05) is 13.2 Å². The maximum absolute atomic E-state index is 13.9. The molecule has 1 aromatic heterocycles. The lowest BCUT2D eigenvalue weighted by Gasteiger charge is -2.26. The predicted octanol–water partition coefficient (Wildman–Crippen LogP) is 4.13. The Morgan fingerprint density at radius 3 is 2.41 bits per heavy atom. The van der Waals surface area contributed by atoms with Gasteiger partial charge in [-0.2, -0.15) is 4.31 Å². The summed E-state index contributed by atoms with van der Waals surface area (Å²) in [5.74, 6) is 0. The first kappa shape index (κ1) is 22.7. The van der Waals surface area contributed by atoms with E-state index in [2.05, 4.69) is 4.98 Å². The largest absolute Gasteiger partial charge is 0.377 e. The lowest BCUT2D eigenvalue weighted by atomic mass is 10.1. The smallest absolute Gasteiger partial charge is 0.252 e. The van der Waals surface area contributed by atoms with Gasteiger partial charge >= 0.3 is 0 Å². The molecule has 2 aromatic carbocycles. The molecule has 1 fully saturated rings. The minimum absolute atomic E-state index is 0.00579. The first-order chi connectivity index (χ1) is 15.1. The molecule has 1 aliphatic rings. The zero-order valence-corrected chi connectivity index (χ0v) is 19.9. The van der Waals surface area contributed by atoms with Gasteiger partial charge in [-0.3, -0.25) is 4.79 Å². The van der Waals surface area contributed by atoms with Gasteiger partial charge in [0.25, 0.3) is 5.56 Å². The standard InChI is InChI=1S/C25H30N2O4S/c1-16-7-8-23-20(12-16)13-21(25(28)26-23)14-27(15-22-6-5-9-31-22)32(29,30)24-18(3)10-17(2)11-19(24)4/h7-8,10-13,22H,5-6,9,14-15H2,1-4H3,(H,26,28)/t22-/m1/s1. The number of nitrogens with zero attached hydrogens (tertiary/aromatic N) is 1. The number of H-pyrrole nitrogens is 1. The number of aromatic amines is 1. The molecule has 0 spiro atoms. The van der Waals surface area contributed by atoms with E-state index in [0.29, 0.717) is 28.2 Å². The molecule has 0 radical (unpaired) electrons. The van der Waals surface area contributed by atoms with Crippen LogP contribution in [0.5, 0.6) is 0 Å². The number of hydrogen-bond donors (Lipinski definition) is 1. The van der Waals surface area contributed by atoms with Crippen LogP contribution in [0.4, 0.5) is 0 Å². The van der Waals surface area contributed by atoms with Gasteiger partial charge in [0.1, 0.15) is 0 Å². The number of sulfonamides is 1. The van der Waals surface area contributed by atoms with E-state index in [0.717, 1.165) is 34.9 Å². The van der Waals surface area contributed by atoms with Gasteiger partial charge in [0.2, 0.25) is 10.0 Å². The van der Waals surface area contributed by atoms with Crippen LogP contribution in [-0.4, -0.2) is 37.0 Å². The third-order valence-corrected chi connectivity index (χ3v) is 8.18. The Labute approximate surface area is 189 Å². The molecule has 1 atom stereocenters. The molecule has 1 saturated heterocycles. The third kappa shape index (κ3) is 4.51. The van der Waals surface area contributed by atoms with Crippen LogP contribution >= 0.6 is 0 Å². The highest BCUT2D eigenvalue weighted by molar-refractivity contribution is 7.89. The molecular formula is C25H30N2O4S. The van der Waals surface area contributed by atoms with Crippen molar-refractivity contribution in [2.45, 2.75) is 58.1 Å². The lowest BCUT2D eigenvalue weighted by Crippen LogP contribution is -2.38. The van der Waals surface area contributed by atoms with Crippen molar-refractivity contribution in [1.82, 2.24) is 9.29 Å². The summed E-state index contributed by atoms with van der Waals surface area (Å²) in [6.07, 6.45) is 1.56. The van der Waals surface area contributed by atoms with Gasteiger partial charge in [-0.05, 0) is 75.2 Å². The van der Waals surface area contributed by atoms with Crippen molar-refractivity contribution < 1.29 is 13.2 Å². The zero-order chi connectivity index (χ0) is 23.0. The molecule has 3 aromatic rings. The van der Waals surface area contributed by atoms with E-state index in [9.17, 15) is 13.2 Å². The topological polar surface area (TPSA) is 79.5 Å². The maximum Gasteiger partial charge on any atom is 0.252 e. The van der Waals surface area contributed by atoms with Crippen LogP contribution in [0.1, 0.15) is 40.7 Å². The Morgan fingerprint density at radius 2 is 1.75 bits per heavy atom. The molecular weight excluding hydrogens is 424 g/mol. The fourth-order valence-electron chi connectivity index (χ4n) is 4.64.